The number of aryl methyl sites for hydroxylation is 1. The Labute approximate surface area is 119 Å². The second-order valence-electron chi connectivity index (χ2n) is 5.53. The van der Waals surface area contributed by atoms with Crippen LogP contribution in [0.4, 0.5) is 0 Å². The van der Waals surface area contributed by atoms with Crippen molar-refractivity contribution in [3.05, 3.63) is 18.0 Å². The van der Waals surface area contributed by atoms with E-state index in [0.29, 0.717) is 6.54 Å². The molecule has 3 unspecified atom stereocenters. The highest BCUT2D eigenvalue weighted by atomic mass is 16.3. The van der Waals surface area contributed by atoms with Crippen molar-refractivity contribution in [2.75, 3.05) is 13.6 Å². The van der Waals surface area contributed by atoms with E-state index in [1.807, 2.05) is 13.2 Å². The third kappa shape index (κ3) is 3.58. The molecule has 0 aliphatic heterocycles. The van der Waals surface area contributed by atoms with E-state index in [2.05, 4.69) is 15.7 Å². The van der Waals surface area contributed by atoms with Gasteiger partial charge in [-0.3, -0.25) is 9.48 Å². The van der Waals surface area contributed by atoms with Gasteiger partial charge < -0.3 is 15.7 Å². The van der Waals surface area contributed by atoms with Crippen LogP contribution in [0.25, 0.3) is 0 Å². The number of nitrogens with zero attached hydrogens (tertiary/aromatic N) is 2. The molecule has 1 aromatic rings. The summed E-state index contributed by atoms with van der Waals surface area (Å²) in [7, 11) is 3.58. The van der Waals surface area contributed by atoms with Gasteiger partial charge in [0.2, 0.25) is 5.91 Å². The van der Waals surface area contributed by atoms with E-state index in [9.17, 15) is 9.90 Å². The molecular formula is C14H24N4O2. The van der Waals surface area contributed by atoms with Crippen LogP contribution in [0.15, 0.2) is 12.4 Å². The van der Waals surface area contributed by atoms with Gasteiger partial charge in [0.25, 0.3) is 0 Å². The van der Waals surface area contributed by atoms with Gasteiger partial charge in [-0.2, -0.15) is 5.10 Å². The molecule has 1 saturated carbocycles. The molecular weight excluding hydrogens is 256 g/mol. The summed E-state index contributed by atoms with van der Waals surface area (Å²) >= 11 is 0. The number of carbonyl (C=O) groups is 1. The molecule has 1 aromatic heterocycles. The number of hydrogen-bond acceptors (Lipinski definition) is 4. The Bertz CT molecular complexity index is 446. The zero-order chi connectivity index (χ0) is 14.5. The van der Waals surface area contributed by atoms with Crippen molar-refractivity contribution in [3.63, 3.8) is 0 Å². The summed E-state index contributed by atoms with van der Waals surface area (Å²) in [6.07, 6.45) is 7.29. The molecule has 0 saturated heterocycles. The number of rotatable bonds is 5. The smallest absolute Gasteiger partial charge is 0.241 e. The van der Waals surface area contributed by atoms with E-state index in [1.54, 1.807) is 17.9 Å². The predicted octanol–water partition coefficient (Wildman–Crippen LogP) is 0.348. The van der Waals surface area contributed by atoms with Crippen LogP contribution in [0.2, 0.25) is 0 Å². The maximum Gasteiger partial charge on any atom is 0.241 e. The molecule has 3 atom stereocenters. The fraction of sp³-hybridized carbons (Fsp3) is 0.714. The highest BCUT2D eigenvalue weighted by Gasteiger charge is 2.25. The third-order valence-electron chi connectivity index (χ3n) is 4.02. The van der Waals surface area contributed by atoms with E-state index in [-0.39, 0.29) is 17.9 Å². The van der Waals surface area contributed by atoms with Crippen molar-refractivity contribution in [1.82, 2.24) is 20.4 Å². The number of aliphatic hydroxyl groups excluding tert-OH is 1. The van der Waals surface area contributed by atoms with Gasteiger partial charge in [-0.05, 0) is 19.9 Å². The van der Waals surface area contributed by atoms with Gasteiger partial charge in [0, 0.05) is 31.3 Å². The fourth-order valence-corrected chi connectivity index (χ4v) is 2.80. The van der Waals surface area contributed by atoms with E-state index in [0.717, 1.165) is 31.2 Å². The predicted molar refractivity (Wildman–Crippen MR) is 76.0 cm³/mol. The van der Waals surface area contributed by atoms with Gasteiger partial charge in [-0.15, -0.1) is 0 Å². The summed E-state index contributed by atoms with van der Waals surface area (Å²) in [6, 6.07) is -0.399. The van der Waals surface area contributed by atoms with Crippen molar-refractivity contribution < 1.29 is 9.90 Å². The lowest BCUT2D eigenvalue weighted by Gasteiger charge is -2.28. The molecule has 1 aliphatic rings. The molecule has 0 radical (unpaired) electrons. The van der Waals surface area contributed by atoms with Crippen molar-refractivity contribution in [1.29, 1.82) is 0 Å². The molecule has 1 amide bonds. The Morgan fingerprint density at radius 2 is 2.30 bits per heavy atom. The lowest BCUT2D eigenvalue weighted by Crippen LogP contribution is -2.41. The first-order valence-electron chi connectivity index (χ1n) is 7.23. The maximum atomic E-state index is 12.2. The van der Waals surface area contributed by atoms with Gasteiger partial charge in [0.1, 0.15) is 6.04 Å². The third-order valence-corrected chi connectivity index (χ3v) is 4.02. The highest BCUT2D eigenvalue weighted by Crippen LogP contribution is 2.23. The Kier molecular flexibility index (Phi) is 5.14. The normalized spacial score (nSPS) is 24.4. The lowest BCUT2D eigenvalue weighted by atomic mass is 9.86. The van der Waals surface area contributed by atoms with Gasteiger partial charge in [-0.25, -0.2) is 0 Å². The number of aromatic nitrogens is 2. The van der Waals surface area contributed by atoms with Crippen LogP contribution in [-0.4, -0.2) is 40.5 Å². The monoisotopic (exact) mass is 280 g/mol. The Balaban J connectivity index is 1.89. The first kappa shape index (κ1) is 15.0. The lowest BCUT2D eigenvalue weighted by molar-refractivity contribution is -0.123. The van der Waals surface area contributed by atoms with E-state index in [4.69, 9.17) is 0 Å². The first-order valence-corrected chi connectivity index (χ1v) is 7.23. The second-order valence-corrected chi connectivity index (χ2v) is 5.53. The van der Waals surface area contributed by atoms with Crippen LogP contribution >= 0.6 is 0 Å². The van der Waals surface area contributed by atoms with Crippen LogP contribution in [0.3, 0.4) is 0 Å². The van der Waals surface area contributed by atoms with Gasteiger partial charge >= 0.3 is 0 Å². The average molecular weight is 280 g/mol. The Hall–Kier alpha value is -1.40. The summed E-state index contributed by atoms with van der Waals surface area (Å²) in [5.74, 6) is 0.109. The molecule has 0 bridgehead atoms. The second kappa shape index (κ2) is 6.85. The number of carbonyl (C=O) groups excluding carboxylic acids is 1. The molecule has 6 heteroatoms. The molecule has 1 heterocycles. The number of hydrogen-bond donors (Lipinski definition) is 3. The molecule has 3 N–H and O–H groups in total. The van der Waals surface area contributed by atoms with Crippen LogP contribution in [0, 0.1) is 5.92 Å². The standard InChI is InChI=1S/C14H24N4O2/c1-15-13(11-8-17-18(2)9-11)14(20)16-7-10-5-3-4-6-12(10)19/h8-10,12-13,15,19H,3-7H2,1-2H3,(H,16,20). The fourth-order valence-electron chi connectivity index (χ4n) is 2.80. The van der Waals surface area contributed by atoms with Crippen molar-refractivity contribution in [3.8, 4) is 0 Å². The largest absolute Gasteiger partial charge is 0.393 e. The molecule has 0 spiro atoms. The number of aliphatic hydroxyl groups is 1. The number of likely N-dealkylation sites (N-methyl/N-ethyl adjacent to an activating group) is 1. The van der Waals surface area contributed by atoms with E-state index >= 15 is 0 Å². The number of nitrogens with one attached hydrogen (secondary N) is 2. The van der Waals surface area contributed by atoms with Crippen molar-refractivity contribution >= 4 is 5.91 Å². The molecule has 0 aromatic carbocycles. The quantitative estimate of drug-likeness (QED) is 0.727. The van der Waals surface area contributed by atoms with Crippen LogP contribution in [0.1, 0.15) is 37.3 Å². The summed E-state index contributed by atoms with van der Waals surface area (Å²) in [4.78, 5) is 12.2. The number of amides is 1. The topological polar surface area (TPSA) is 79.2 Å². The molecule has 6 nitrogen and oxygen atoms in total. The summed E-state index contributed by atoms with van der Waals surface area (Å²) < 4.78 is 1.68. The average Bonchev–Trinajstić information content (AvgIpc) is 2.85. The Morgan fingerprint density at radius 3 is 2.90 bits per heavy atom. The van der Waals surface area contributed by atoms with E-state index < -0.39 is 6.04 Å². The first-order chi connectivity index (χ1) is 9.61. The minimum atomic E-state index is -0.399. The van der Waals surface area contributed by atoms with Crippen molar-refractivity contribution in [2.45, 2.75) is 37.8 Å². The Morgan fingerprint density at radius 1 is 1.55 bits per heavy atom. The molecule has 1 fully saturated rings. The maximum absolute atomic E-state index is 12.2. The summed E-state index contributed by atoms with van der Waals surface area (Å²) in [5, 5.41) is 19.9. The zero-order valence-corrected chi connectivity index (χ0v) is 12.2. The summed E-state index contributed by atoms with van der Waals surface area (Å²) in [6.45, 7) is 0.540. The minimum absolute atomic E-state index is 0.0710. The van der Waals surface area contributed by atoms with Gasteiger partial charge in [-0.1, -0.05) is 12.8 Å². The van der Waals surface area contributed by atoms with Crippen molar-refractivity contribution in [2.24, 2.45) is 13.0 Å². The highest BCUT2D eigenvalue weighted by molar-refractivity contribution is 5.83. The van der Waals surface area contributed by atoms with Gasteiger partial charge in [0.05, 0.1) is 12.3 Å². The molecule has 112 valence electrons. The molecule has 20 heavy (non-hydrogen) atoms. The molecule has 1 aliphatic carbocycles. The van der Waals surface area contributed by atoms with Crippen LogP contribution < -0.4 is 10.6 Å². The zero-order valence-electron chi connectivity index (χ0n) is 12.2. The summed E-state index contributed by atoms with van der Waals surface area (Å²) in [5.41, 5.74) is 0.844. The molecule has 2 rings (SSSR count). The SMILES string of the molecule is CNC(C(=O)NCC1CCCCC1O)c1cnn(C)c1. The van der Waals surface area contributed by atoms with Gasteiger partial charge in [0.15, 0.2) is 0 Å². The van der Waals surface area contributed by atoms with Crippen LogP contribution in [-0.2, 0) is 11.8 Å². The minimum Gasteiger partial charge on any atom is -0.393 e. The van der Waals surface area contributed by atoms with E-state index in [1.165, 1.54) is 0 Å². The van der Waals surface area contributed by atoms with Crippen LogP contribution in [0.5, 0.6) is 0 Å².